The van der Waals surface area contributed by atoms with Crippen LogP contribution in [0.3, 0.4) is 0 Å². The molecule has 1 unspecified atom stereocenters. The Morgan fingerprint density at radius 1 is 1.19 bits per heavy atom. The van der Waals surface area contributed by atoms with Crippen molar-refractivity contribution in [1.82, 2.24) is 20.0 Å². The van der Waals surface area contributed by atoms with Gasteiger partial charge in [-0.2, -0.15) is 0 Å². The molecular formula is C21H22FN7O2. The molecule has 2 amide bonds. The van der Waals surface area contributed by atoms with Crippen LogP contribution in [0.5, 0.6) is 0 Å². The smallest absolute Gasteiger partial charge is 0.269 e. The molecule has 1 fully saturated rings. The second-order valence-electron chi connectivity index (χ2n) is 7.29. The Hall–Kier alpha value is -3.79. The van der Waals surface area contributed by atoms with Crippen molar-refractivity contribution >= 4 is 17.6 Å². The minimum Gasteiger partial charge on any atom is -0.364 e. The zero-order chi connectivity index (χ0) is 22.0. The Kier molecular flexibility index (Phi) is 5.63. The Morgan fingerprint density at radius 2 is 1.97 bits per heavy atom. The number of nitrogens with two attached hydrogens (primary N) is 2. The standard InChI is InChI=1S/C21H22FN7O2/c22-14-8-10-26-16(11-14)27-21(31)13-6-4-12(5-7-13)17-18(19(23)30)29(24)20(28-17)15-3-1-2-9-25-15/h4-8,10-11,15,25H,1-3,9,24H2,(H2,23,30)(H,26,27,31). The molecule has 0 spiro atoms. The molecule has 9 nitrogen and oxygen atoms in total. The summed E-state index contributed by atoms with van der Waals surface area (Å²) in [4.78, 5) is 33.0. The quantitative estimate of drug-likeness (QED) is 0.462. The largest absolute Gasteiger partial charge is 0.364 e. The van der Waals surface area contributed by atoms with Crippen molar-refractivity contribution in [3.8, 4) is 11.3 Å². The van der Waals surface area contributed by atoms with Crippen molar-refractivity contribution in [2.24, 2.45) is 5.73 Å². The molecule has 160 valence electrons. The fourth-order valence-electron chi connectivity index (χ4n) is 3.65. The van der Waals surface area contributed by atoms with Gasteiger partial charge in [-0.3, -0.25) is 9.59 Å². The number of carbonyl (C=O) groups is 2. The van der Waals surface area contributed by atoms with Gasteiger partial charge in [0.15, 0.2) is 5.69 Å². The molecule has 1 aliphatic rings. The molecule has 31 heavy (non-hydrogen) atoms. The number of hydrogen-bond donors (Lipinski definition) is 4. The second-order valence-corrected chi connectivity index (χ2v) is 7.29. The highest BCUT2D eigenvalue weighted by atomic mass is 19.1. The predicted octanol–water partition coefficient (Wildman–Crippen LogP) is 1.96. The van der Waals surface area contributed by atoms with Crippen molar-refractivity contribution < 1.29 is 14.0 Å². The molecule has 3 heterocycles. The van der Waals surface area contributed by atoms with Crippen LogP contribution in [0.1, 0.15) is 52.0 Å². The van der Waals surface area contributed by atoms with Gasteiger partial charge < -0.3 is 22.2 Å². The average molecular weight is 423 g/mol. The number of pyridine rings is 1. The first kappa shape index (κ1) is 20.5. The van der Waals surface area contributed by atoms with Crippen LogP contribution in [-0.2, 0) is 0 Å². The van der Waals surface area contributed by atoms with E-state index in [0.29, 0.717) is 22.6 Å². The summed E-state index contributed by atoms with van der Waals surface area (Å²) >= 11 is 0. The molecular weight excluding hydrogens is 401 g/mol. The van der Waals surface area contributed by atoms with Crippen molar-refractivity contribution in [1.29, 1.82) is 0 Å². The summed E-state index contributed by atoms with van der Waals surface area (Å²) in [5, 5.41) is 5.89. The highest BCUT2D eigenvalue weighted by Gasteiger charge is 2.27. The monoisotopic (exact) mass is 423 g/mol. The molecule has 4 rings (SSSR count). The molecule has 6 N–H and O–H groups in total. The van der Waals surface area contributed by atoms with Crippen LogP contribution in [0.4, 0.5) is 10.2 Å². The molecule has 3 aromatic rings. The number of aromatic nitrogens is 3. The normalized spacial score (nSPS) is 16.1. The van der Waals surface area contributed by atoms with Gasteiger partial charge in [-0.25, -0.2) is 19.0 Å². The fraction of sp³-hybridized carbons (Fsp3) is 0.238. The maximum absolute atomic E-state index is 13.3. The highest BCUT2D eigenvalue weighted by molar-refractivity contribution is 6.04. The van der Waals surface area contributed by atoms with Gasteiger partial charge in [0, 0.05) is 23.4 Å². The van der Waals surface area contributed by atoms with Crippen molar-refractivity contribution in [2.45, 2.75) is 25.3 Å². The van der Waals surface area contributed by atoms with E-state index in [4.69, 9.17) is 11.6 Å². The maximum atomic E-state index is 13.3. The van der Waals surface area contributed by atoms with Gasteiger partial charge in [0.05, 0.1) is 6.04 Å². The van der Waals surface area contributed by atoms with E-state index in [1.54, 1.807) is 24.3 Å². The van der Waals surface area contributed by atoms with Gasteiger partial charge in [-0.1, -0.05) is 18.6 Å². The number of nitrogens with one attached hydrogen (secondary N) is 2. The number of rotatable bonds is 5. The molecule has 0 saturated carbocycles. The van der Waals surface area contributed by atoms with Gasteiger partial charge in [0.1, 0.15) is 23.2 Å². The van der Waals surface area contributed by atoms with Crippen LogP contribution >= 0.6 is 0 Å². The van der Waals surface area contributed by atoms with Crippen LogP contribution in [-0.4, -0.2) is 33.0 Å². The summed E-state index contributed by atoms with van der Waals surface area (Å²) < 4.78 is 14.5. The summed E-state index contributed by atoms with van der Waals surface area (Å²) in [6.07, 6.45) is 4.24. The summed E-state index contributed by atoms with van der Waals surface area (Å²) in [7, 11) is 0. The van der Waals surface area contributed by atoms with Gasteiger partial charge in [-0.15, -0.1) is 0 Å². The molecule has 0 aliphatic carbocycles. The van der Waals surface area contributed by atoms with E-state index in [9.17, 15) is 14.0 Å². The lowest BCUT2D eigenvalue weighted by molar-refractivity contribution is 0.0991. The maximum Gasteiger partial charge on any atom is 0.269 e. The van der Waals surface area contributed by atoms with E-state index in [1.165, 1.54) is 16.9 Å². The molecule has 1 aliphatic heterocycles. The van der Waals surface area contributed by atoms with Gasteiger partial charge >= 0.3 is 0 Å². The summed E-state index contributed by atoms with van der Waals surface area (Å²) in [5.74, 6) is 5.18. The second kappa shape index (κ2) is 8.52. The van der Waals surface area contributed by atoms with E-state index in [1.807, 2.05) is 0 Å². The van der Waals surface area contributed by atoms with E-state index in [2.05, 4.69) is 20.6 Å². The summed E-state index contributed by atoms with van der Waals surface area (Å²) in [5.41, 5.74) is 6.95. The molecule has 2 aromatic heterocycles. The van der Waals surface area contributed by atoms with Crippen LogP contribution in [0.25, 0.3) is 11.3 Å². The fourth-order valence-corrected chi connectivity index (χ4v) is 3.65. The SMILES string of the molecule is NC(=O)c1c(-c2ccc(C(=O)Nc3cc(F)ccn3)cc2)nc(C2CCCCN2)n1N. The Balaban J connectivity index is 1.61. The third kappa shape index (κ3) is 4.24. The zero-order valence-corrected chi connectivity index (χ0v) is 16.6. The number of piperidine rings is 1. The molecule has 1 aromatic carbocycles. The molecule has 0 bridgehead atoms. The Labute approximate surface area is 177 Å². The van der Waals surface area contributed by atoms with Crippen LogP contribution in [0.15, 0.2) is 42.6 Å². The van der Waals surface area contributed by atoms with E-state index in [-0.39, 0.29) is 17.6 Å². The molecule has 1 atom stereocenters. The minimum absolute atomic E-state index is 0.0607. The van der Waals surface area contributed by atoms with Crippen LogP contribution < -0.4 is 22.2 Å². The van der Waals surface area contributed by atoms with E-state index in [0.717, 1.165) is 31.9 Å². The lowest BCUT2D eigenvalue weighted by Gasteiger charge is -2.22. The summed E-state index contributed by atoms with van der Waals surface area (Å²) in [6, 6.07) is 8.70. The average Bonchev–Trinajstić information content (AvgIpc) is 3.12. The number of nitrogen functional groups attached to an aromatic ring is 1. The van der Waals surface area contributed by atoms with Gasteiger partial charge in [0.2, 0.25) is 0 Å². The summed E-state index contributed by atoms with van der Waals surface area (Å²) in [6.45, 7) is 0.850. The van der Waals surface area contributed by atoms with E-state index >= 15 is 0 Å². The number of benzene rings is 1. The van der Waals surface area contributed by atoms with Crippen molar-refractivity contribution in [3.63, 3.8) is 0 Å². The van der Waals surface area contributed by atoms with Crippen molar-refractivity contribution in [2.75, 3.05) is 17.7 Å². The first-order chi connectivity index (χ1) is 14.9. The minimum atomic E-state index is -0.689. The third-order valence-corrected chi connectivity index (χ3v) is 5.18. The lowest BCUT2D eigenvalue weighted by Crippen LogP contribution is -2.32. The van der Waals surface area contributed by atoms with Gasteiger partial charge in [0.25, 0.3) is 11.8 Å². The number of halogens is 1. The number of nitrogens with zero attached hydrogens (tertiary/aromatic N) is 3. The number of carbonyl (C=O) groups excluding carboxylic acids is 2. The predicted molar refractivity (Wildman–Crippen MR) is 113 cm³/mol. The molecule has 1 saturated heterocycles. The first-order valence-electron chi connectivity index (χ1n) is 9.88. The van der Waals surface area contributed by atoms with Crippen molar-refractivity contribution in [3.05, 3.63) is 65.5 Å². The van der Waals surface area contributed by atoms with Crippen LogP contribution in [0, 0.1) is 5.82 Å². The zero-order valence-electron chi connectivity index (χ0n) is 16.6. The molecule has 10 heteroatoms. The number of hydrogen-bond acceptors (Lipinski definition) is 6. The Morgan fingerprint density at radius 3 is 2.61 bits per heavy atom. The van der Waals surface area contributed by atoms with E-state index < -0.39 is 17.6 Å². The van der Waals surface area contributed by atoms with Gasteiger partial charge in [-0.05, 0) is 37.6 Å². The Bertz CT molecular complexity index is 1120. The number of imidazole rings is 1. The van der Waals surface area contributed by atoms with Crippen LogP contribution in [0.2, 0.25) is 0 Å². The topological polar surface area (TPSA) is 141 Å². The third-order valence-electron chi connectivity index (χ3n) is 5.18. The number of anilines is 1. The highest BCUT2D eigenvalue weighted by Crippen LogP contribution is 2.29. The number of amides is 2. The number of primary amides is 1. The first-order valence-corrected chi connectivity index (χ1v) is 9.88. The molecule has 0 radical (unpaired) electrons. The lowest BCUT2D eigenvalue weighted by atomic mass is 10.0.